The molecule has 142 valence electrons. The summed E-state index contributed by atoms with van der Waals surface area (Å²) in [7, 11) is 0. The third-order valence-electron chi connectivity index (χ3n) is 3.84. The highest BCUT2D eigenvalue weighted by Gasteiger charge is 2.18. The first-order valence-electron chi connectivity index (χ1n) is 8.83. The number of thioether (sulfide) groups is 2. The molecule has 3 N–H and O–H groups in total. The van der Waals surface area contributed by atoms with Crippen LogP contribution in [0.5, 0.6) is 0 Å². The first-order chi connectivity index (χ1) is 13.0. The predicted molar refractivity (Wildman–Crippen MR) is 116 cm³/mol. The molecule has 0 spiro atoms. The van der Waals surface area contributed by atoms with Crippen LogP contribution >= 0.6 is 23.5 Å². The third kappa shape index (κ3) is 5.68. The Balaban J connectivity index is 1.66. The normalized spacial score (nSPS) is 14.2. The van der Waals surface area contributed by atoms with Crippen molar-refractivity contribution in [1.29, 1.82) is 0 Å². The number of urea groups is 1. The van der Waals surface area contributed by atoms with Crippen molar-refractivity contribution in [3.63, 3.8) is 0 Å². The molecule has 2 aromatic carbocycles. The maximum atomic E-state index is 12.6. The summed E-state index contributed by atoms with van der Waals surface area (Å²) in [6.45, 7) is 3.78. The van der Waals surface area contributed by atoms with Crippen LogP contribution in [0, 0.1) is 0 Å². The monoisotopic (exact) mass is 401 g/mol. The van der Waals surface area contributed by atoms with Crippen molar-refractivity contribution in [3.8, 4) is 0 Å². The van der Waals surface area contributed by atoms with E-state index in [1.165, 1.54) is 5.56 Å². The summed E-state index contributed by atoms with van der Waals surface area (Å²) in [6.07, 6.45) is 0. The molecule has 0 radical (unpaired) electrons. The summed E-state index contributed by atoms with van der Waals surface area (Å²) in [5, 5.41) is 8.45. The summed E-state index contributed by atoms with van der Waals surface area (Å²) < 4.78 is 0.439. The van der Waals surface area contributed by atoms with Gasteiger partial charge in [-0.15, -0.1) is 23.5 Å². The van der Waals surface area contributed by atoms with Crippen LogP contribution in [0.2, 0.25) is 0 Å². The molecule has 0 atom stereocenters. The second kappa shape index (κ2) is 9.19. The number of anilines is 2. The fourth-order valence-electron chi connectivity index (χ4n) is 2.68. The van der Waals surface area contributed by atoms with Crippen molar-refractivity contribution < 1.29 is 9.59 Å². The highest BCUT2D eigenvalue weighted by atomic mass is 32.2. The second-order valence-electron chi connectivity index (χ2n) is 6.49. The fraction of sp³-hybridized carbons (Fsp3) is 0.300. The molecule has 0 bridgehead atoms. The third-order valence-corrected chi connectivity index (χ3v) is 6.95. The molecule has 5 nitrogen and oxygen atoms in total. The van der Waals surface area contributed by atoms with E-state index in [0.717, 1.165) is 17.2 Å². The Hall–Kier alpha value is -2.12. The molecule has 3 rings (SSSR count). The first kappa shape index (κ1) is 19.6. The zero-order chi connectivity index (χ0) is 19.2. The van der Waals surface area contributed by atoms with E-state index in [2.05, 4.69) is 22.0 Å². The average molecular weight is 402 g/mol. The molecule has 1 heterocycles. The molecule has 3 amide bonds. The van der Waals surface area contributed by atoms with E-state index in [-0.39, 0.29) is 18.0 Å². The minimum absolute atomic E-state index is 0.0416. The van der Waals surface area contributed by atoms with Gasteiger partial charge in [-0.2, -0.15) is 0 Å². The van der Waals surface area contributed by atoms with Crippen molar-refractivity contribution in [2.75, 3.05) is 22.1 Å². The van der Waals surface area contributed by atoms with E-state index in [1.54, 1.807) is 24.3 Å². The summed E-state index contributed by atoms with van der Waals surface area (Å²) in [5.41, 5.74) is 3.07. The van der Waals surface area contributed by atoms with Crippen molar-refractivity contribution in [3.05, 3.63) is 59.7 Å². The molecule has 7 heteroatoms. The van der Waals surface area contributed by atoms with Gasteiger partial charge in [-0.25, -0.2) is 4.79 Å². The molecule has 0 aromatic heterocycles. The van der Waals surface area contributed by atoms with Crippen molar-refractivity contribution in [2.45, 2.75) is 24.5 Å². The van der Waals surface area contributed by atoms with Crippen LogP contribution in [0.3, 0.4) is 0 Å². The number of benzene rings is 2. The average Bonchev–Trinajstić information content (AvgIpc) is 3.16. The molecule has 0 unspecified atom stereocenters. The van der Waals surface area contributed by atoms with E-state index < -0.39 is 0 Å². The molecule has 0 aliphatic carbocycles. The highest BCUT2D eigenvalue weighted by Crippen LogP contribution is 2.45. The largest absolute Gasteiger partial charge is 0.336 e. The number of carbonyl (C=O) groups excluding carboxylic acids is 2. The molecule has 1 fully saturated rings. The summed E-state index contributed by atoms with van der Waals surface area (Å²) in [4.78, 5) is 24.4. The van der Waals surface area contributed by atoms with Crippen molar-refractivity contribution in [2.24, 2.45) is 0 Å². The van der Waals surface area contributed by atoms with Crippen LogP contribution in [-0.4, -0.2) is 29.5 Å². The highest BCUT2D eigenvalue weighted by molar-refractivity contribution is 8.19. The molecule has 1 saturated heterocycles. The summed E-state index contributed by atoms with van der Waals surface area (Å²) >= 11 is 3.87. The van der Waals surface area contributed by atoms with Crippen LogP contribution in [0.1, 0.15) is 34.4 Å². The van der Waals surface area contributed by atoms with Gasteiger partial charge in [0.15, 0.2) is 0 Å². The summed E-state index contributed by atoms with van der Waals surface area (Å²) in [6, 6.07) is 14.7. The van der Waals surface area contributed by atoms with Crippen LogP contribution in [-0.2, 0) is 0 Å². The second-order valence-corrected chi connectivity index (χ2v) is 9.21. The molecule has 1 aliphatic rings. The Kier molecular flexibility index (Phi) is 6.68. The lowest BCUT2D eigenvalue weighted by molar-refractivity contribution is 0.102. The van der Waals surface area contributed by atoms with Gasteiger partial charge in [-0.05, 0) is 49.7 Å². The maximum Gasteiger partial charge on any atom is 0.319 e. The molecular formula is C20H23N3O2S2. The molecule has 0 saturated carbocycles. The van der Waals surface area contributed by atoms with Gasteiger partial charge in [0.1, 0.15) is 0 Å². The van der Waals surface area contributed by atoms with Crippen LogP contribution in [0.15, 0.2) is 48.5 Å². The zero-order valence-electron chi connectivity index (χ0n) is 15.3. The molecule has 27 heavy (non-hydrogen) atoms. The van der Waals surface area contributed by atoms with Gasteiger partial charge in [0, 0.05) is 34.5 Å². The van der Waals surface area contributed by atoms with Gasteiger partial charge in [-0.1, -0.05) is 18.2 Å². The fourth-order valence-corrected chi connectivity index (χ4v) is 5.52. The zero-order valence-corrected chi connectivity index (χ0v) is 17.0. The van der Waals surface area contributed by atoms with Gasteiger partial charge in [0.25, 0.3) is 5.91 Å². The Bertz CT molecular complexity index is 820. The lowest BCUT2D eigenvalue weighted by atomic mass is 10.1. The lowest BCUT2D eigenvalue weighted by Crippen LogP contribution is -2.34. The number of amides is 3. The Labute approximate surface area is 168 Å². The Morgan fingerprint density at radius 2 is 1.63 bits per heavy atom. The quantitative estimate of drug-likeness (QED) is 0.663. The first-order valence-corrected chi connectivity index (χ1v) is 10.9. The minimum atomic E-state index is -0.290. The van der Waals surface area contributed by atoms with E-state index in [0.29, 0.717) is 15.8 Å². The van der Waals surface area contributed by atoms with Gasteiger partial charge in [-0.3, -0.25) is 4.79 Å². The van der Waals surface area contributed by atoms with Gasteiger partial charge >= 0.3 is 6.03 Å². The number of carbonyl (C=O) groups is 2. The predicted octanol–water partition coefficient (Wildman–Crippen LogP) is 4.95. The SMILES string of the molecule is CC(C)NC(=O)Nc1cccc(C(=O)Nc2cccc(C3SCCS3)c2)c1. The van der Waals surface area contributed by atoms with E-state index in [9.17, 15) is 9.59 Å². The minimum Gasteiger partial charge on any atom is -0.336 e. The van der Waals surface area contributed by atoms with Crippen LogP contribution in [0.4, 0.5) is 16.2 Å². The van der Waals surface area contributed by atoms with Crippen LogP contribution in [0.25, 0.3) is 0 Å². The van der Waals surface area contributed by atoms with E-state index in [1.807, 2.05) is 55.6 Å². The molecule has 1 aliphatic heterocycles. The van der Waals surface area contributed by atoms with E-state index >= 15 is 0 Å². The van der Waals surface area contributed by atoms with Gasteiger partial charge in [0.05, 0.1) is 4.58 Å². The van der Waals surface area contributed by atoms with Gasteiger partial charge < -0.3 is 16.0 Å². The summed E-state index contributed by atoms with van der Waals surface area (Å²) in [5.74, 6) is 2.12. The van der Waals surface area contributed by atoms with Crippen molar-refractivity contribution >= 4 is 46.8 Å². The van der Waals surface area contributed by atoms with Crippen molar-refractivity contribution in [1.82, 2.24) is 5.32 Å². The number of hydrogen-bond acceptors (Lipinski definition) is 4. The number of rotatable bonds is 5. The Morgan fingerprint density at radius 3 is 2.33 bits per heavy atom. The van der Waals surface area contributed by atoms with Crippen LogP contribution < -0.4 is 16.0 Å². The van der Waals surface area contributed by atoms with Gasteiger partial charge in [0.2, 0.25) is 0 Å². The smallest absolute Gasteiger partial charge is 0.319 e. The molecule has 2 aromatic rings. The molecular weight excluding hydrogens is 378 g/mol. The lowest BCUT2D eigenvalue weighted by Gasteiger charge is -2.12. The Morgan fingerprint density at radius 1 is 0.963 bits per heavy atom. The number of hydrogen-bond donors (Lipinski definition) is 3. The standard InChI is InChI=1S/C20H23N3O2S2/c1-13(2)21-20(25)23-17-8-3-5-14(11-17)18(24)22-16-7-4-6-15(12-16)19-26-9-10-27-19/h3-8,11-13,19H,9-10H2,1-2H3,(H,22,24)(H2,21,23,25). The maximum absolute atomic E-state index is 12.6. The number of nitrogens with one attached hydrogen (secondary N) is 3. The topological polar surface area (TPSA) is 70.2 Å². The van der Waals surface area contributed by atoms with E-state index in [4.69, 9.17) is 0 Å².